The first-order chi connectivity index (χ1) is 9.54. The van der Waals surface area contributed by atoms with Crippen LogP contribution in [-0.2, 0) is 23.9 Å². The van der Waals surface area contributed by atoms with Gasteiger partial charge in [-0.25, -0.2) is 4.79 Å². The van der Waals surface area contributed by atoms with Gasteiger partial charge in [-0.3, -0.25) is 9.59 Å². The highest BCUT2D eigenvalue weighted by Crippen LogP contribution is 2.24. The summed E-state index contributed by atoms with van der Waals surface area (Å²) in [5.74, 6) is -1.26. The summed E-state index contributed by atoms with van der Waals surface area (Å²) in [4.78, 5) is 34.6. The van der Waals surface area contributed by atoms with Crippen molar-refractivity contribution in [3.05, 3.63) is 12.2 Å². The molecule has 0 spiro atoms. The Morgan fingerprint density at radius 2 is 1.75 bits per heavy atom. The topological polar surface area (TPSA) is 69.7 Å². The number of hydrogen-bond acceptors (Lipinski definition) is 5. The third-order valence-electron chi connectivity index (χ3n) is 3.36. The molecule has 112 valence electrons. The van der Waals surface area contributed by atoms with E-state index in [0.29, 0.717) is 0 Å². The van der Waals surface area contributed by atoms with E-state index in [-0.39, 0.29) is 36.9 Å². The molecule has 20 heavy (non-hydrogen) atoms. The Morgan fingerprint density at radius 1 is 1.10 bits per heavy atom. The van der Waals surface area contributed by atoms with Crippen molar-refractivity contribution in [1.82, 2.24) is 0 Å². The fourth-order valence-electron chi connectivity index (χ4n) is 2.24. The van der Waals surface area contributed by atoms with Gasteiger partial charge in [-0.05, 0) is 19.8 Å². The normalized spacial score (nSPS) is 15.4. The van der Waals surface area contributed by atoms with Crippen molar-refractivity contribution < 1.29 is 23.9 Å². The Bertz CT molecular complexity index is 380. The molecule has 0 amide bonds. The average Bonchev–Trinajstić information content (AvgIpc) is 2.45. The molecule has 1 aliphatic carbocycles. The number of hydrogen-bond donors (Lipinski definition) is 0. The Hall–Kier alpha value is -1.65. The van der Waals surface area contributed by atoms with Crippen LogP contribution in [0.4, 0.5) is 0 Å². The fraction of sp³-hybridized carbons (Fsp3) is 0.667. The molecule has 0 aromatic carbocycles. The number of Topliss-reactive ketones (excluding diaryl/α,β-unsaturated/α-hetero) is 1. The number of esters is 2. The predicted molar refractivity (Wildman–Crippen MR) is 72.9 cm³/mol. The highest BCUT2D eigenvalue weighted by atomic mass is 16.5. The maximum atomic E-state index is 11.9. The van der Waals surface area contributed by atoms with Gasteiger partial charge in [0.25, 0.3) is 0 Å². The van der Waals surface area contributed by atoms with E-state index in [4.69, 9.17) is 9.47 Å². The number of ketones is 1. The Kier molecular flexibility index (Phi) is 6.98. The highest BCUT2D eigenvalue weighted by Gasteiger charge is 2.23. The van der Waals surface area contributed by atoms with Crippen LogP contribution in [0.5, 0.6) is 0 Å². The van der Waals surface area contributed by atoms with Crippen LogP contribution in [0.25, 0.3) is 0 Å². The second kappa shape index (κ2) is 8.51. The van der Waals surface area contributed by atoms with Crippen molar-refractivity contribution in [2.45, 2.75) is 45.4 Å². The van der Waals surface area contributed by atoms with Gasteiger partial charge in [-0.1, -0.05) is 25.8 Å². The SMILES string of the molecule is C=C(CC(=O)OCC)C(=O)OCC(=O)C1CCCCC1. The van der Waals surface area contributed by atoms with Gasteiger partial charge in [0.2, 0.25) is 0 Å². The van der Waals surface area contributed by atoms with Crippen LogP contribution >= 0.6 is 0 Å². The average molecular weight is 282 g/mol. The third kappa shape index (κ3) is 5.55. The molecule has 0 saturated heterocycles. The van der Waals surface area contributed by atoms with E-state index in [1.54, 1.807) is 6.92 Å². The van der Waals surface area contributed by atoms with Gasteiger partial charge in [-0.2, -0.15) is 0 Å². The standard InChI is InChI=1S/C15H22O5/c1-3-19-14(17)9-11(2)15(18)20-10-13(16)12-7-5-4-6-8-12/h12H,2-10H2,1H3. The molecule has 0 aromatic rings. The van der Waals surface area contributed by atoms with Crippen molar-refractivity contribution in [1.29, 1.82) is 0 Å². The van der Waals surface area contributed by atoms with Crippen LogP contribution in [0.2, 0.25) is 0 Å². The summed E-state index contributed by atoms with van der Waals surface area (Å²) in [6.45, 7) is 5.18. The lowest BCUT2D eigenvalue weighted by atomic mass is 9.86. The van der Waals surface area contributed by atoms with Crippen LogP contribution in [0.3, 0.4) is 0 Å². The van der Waals surface area contributed by atoms with Gasteiger partial charge in [-0.15, -0.1) is 0 Å². The second-order valence-corrected chi connectivity index (χ2v) is 4.96. The van der Waals surface area contributed by atoms with E-state index in [1.165, 1.54) is 6.42 Å². The van der Waals surface area contributed by atoms with Gasteiger partial charge in [0, 0.05) is 11.5 Å². The predicted octanol–water partition coefficient (Wildman–Crippen LogP) is 2.19. The molecule has 5 heteroatoms. The first-order valence-electron chi connectivity index (χ1n) is 7.07. The summed E-state index contributed by atoms with van der Waals surface area (Å²) in [6.07, 6.45) is 4.82. The molecule has 1 saturated carbocycles. The summed E-state index contributed by atoms with van der Waals surface area (Å²) >= 11 is 0. The lowest BCUT2D eigenvalue weighted by Crippen LogP contribution is -2.24. The molecule has 0 atom stereocenters. The molecule has 0 heterocycles. The monoisotopic (exact) mass is 282 g/mol. The van der Waals surface area contributed by atoms with Gasteiger partial charge >= 0.3 is 11.9 Å². The van der Waals surface area contributed by atoms with Crippen LogP contribution in [0, 0.1) is 5.92 Å². The maximum Gasteiger partial charge on any atom is 0.334 e. The summed E-state index contributed by atoms with van der Waals surface area (Å²) < 4.78 is 9.61. The minimum absolute atomic E-state index is 0.00914. The third-order valence-corrected chi connectivity index (χ3v) is 3.36. The lowest BCUT2D eigenvalue weighted by molar-refractivity contribution is -0.148. The van der Waals surface area contributed by atoms with Crippen molar-refractivity contribution in [2.75, 3.05) is 13.2 Å². The molecule has 0 aromatic heterocycles. The lowest BCUT2D eigenvalue weighted by Gasteiger charge is -2.20. The minimum atomic E-state index is -0.706. The largest absolute Gasteiger partial charge is 0.466 e. The second-order valence-electron chi connectivity index (χ2n) is 4.96. The van der Waals surface area contributed by atoms with Crippen LogP contribution < -0.4 is 0 Å². The van der Waals surface area contributed by atoms with Crippen molar-refractivity contribution in [3.63, 3.8) is 0 Å². The summed E-state index contributed by atoms with van der Waals surface area (Å²) in [5.41, 5.74) is 0.0138. The molecule has 0 aliphatic heterocycles. The summed E-state index contributed by atoms with van der Waals surface area (Å²) in [5, 5.41) is 0. The first-order valence-corrected chi connectivity index (χ1v) is 7.07. The quantitative estimate of drug-likeness (QED) is 0.529. The zero-order chi connectivity index (χ0) is 15.0. The van der Waals surface area contributed by atoms with Gasteiger partial charge in [0.15, 0.2) is 12.4 Å². The Balaban J connectivity index is 2.29. The number of ether oxygens (including phenoxy) is 2. The molecule has 1 aliphatic rings. The van der Waals surface area contributed by atoms with Crippen molar-refractivity contribution >= 4 is 17.7 Å². The molecule has 0 unspecified atom stereocenters. The van der Waals surface area contributed by atoms with Gasteiger partial charge in [0.1, 0.15) is 0 Å². The van der Waals surface area contributed by atoms with E-state index in [0.717, 1.165) is 25.7 Å². The molecule has 0 bridgehead atoms. The van der Waals surface area contributed by atoms with E-state index >= 15 is 0 Å². The number of carbonyl (C=O) groups is 3. The van der Waals surface area contributed by atoms with Crippen LogP contribution in [0.1, 0.15) is 45.4 Å². The molecular formula is C15H22O5. The van der Waals surface area contributed by atoms with E-state index in [9.17, 15) is 14.4 Å². The number of rotatable bonds is 7. The molecule has 5 nitrogen and oxygen atoms in total. The number of carbonyl (C=O) groups excluding carboxylic acids is 3. The molecule has 1 rings (SSSR count). The van der Waals surface area contributed by atoms with Gasteiger partial charge < -0.3 is 9.47 Å². The Labute approximate surface area is 119 Å². The maximum absolute atomic E-state index is 11.9. The van der Waals surface area contributed by atoms with E-state index in [1.807, 2.05) is 0 Å². The smallest absolute Gasteiger partial charge is 0.334 e. The summed E-state index contributed by atoms with van der Waals surface area (Å²) in [7, 11) is 0. The van der Waals surface area contributed by atoms with E-state index in [2.05, 4.69) is 6.58 Å². The molecular weight excluding hydrogens is 260 g/mol. The van der Waals surface area contributed by atoms with Crippen molar-refractivity contribution in [3.8, 4) is 0 Å². The van der Waals surface area contributed by atoms with Gasteiger partial charge in [0.05, 0.1) is 13.0 Å². The fourth-order valence-corrected chi connectivity index (χ4v) is 2.24. The summed E-state index contributed by atoms with van der Waals surface area (Å²) in [6, 6.07) is 0. The highest BCUT2D eigenvalue weighted by molar-refractivity contribution is 5.94. The Morgan fingerprint density at radius 3 is 2.35 bits per heavy atom. The molecule has 0 radical (unpaired) electrons. The van der Waals surface area contributed by atoms with Crippen molar-refractivity contribution in [2.24, 2.45) is 5.92 Å². The zero-order valence-corrected chi connectivity index (χ0v) is 12.0. The first kappa shape index (κ1) is 16.4. The minimum Gasteiger partial charge on any atom is -0.466 e. The van der Waals surface area contributed by atoms with Crippen LogP contribution in [-0.4, -0.2) is 30.9 Å². The van der Waals surface area contributed by atoms with E-state index < -0.39 is 11.9 Å². The molecule has 1 fully saturated rings. The molecule has 0 N–H and O–H groups in total. The van der Waals surface area contributed by atoms with Crippen LogP contribution in [0.15, 0.2) is 12.2 Å². The zero-order valence-electron chi connectivity index (χ0n) is 12.0.